The topological polar surface area (TPSA) is 61.2 Å². The summed E-state index contributed by atoms with van der Waals surface area (Å²) in [5, 5.41) is 0. The van der Waals surface area contributed by atoms with Crippen LogP contribution in [0.1, 0.15) is 43.4 Å². The Bertz CT molecular complexity index is 920. The van der Waals surface area contributed by atoms with Crippen molar-refractivity contribution in [2.75, 3.05) is 0 Å². The molecule has 2 aromatic rings. The van der Waals surface area contributed by atoms with Crippen molar-refractivity contribution in [1.82, 2.24) is 9.97 Å². The van der Waals surface area contributed by atoms with E-state index in [2.05, 4.69) is 14.4 Å². The monoisotopic (exact) mass is 441 g/mol. The Hall–Kier alpha value is -2.21. The van der Waals surface area contributed by atoms with Crippen molar-refractivity contribution in [3.05, 3.63) is 58.9 Å². The van der Waals surface area contributed by atoms with E-state index in [0.29, 0.717) is 18.2 Å². The summed E-state index contributed by atoms with van der Waals surface area (Å²) in [7, 11) is 0. The first-order valence-corrected chi connectivity index (χ1v) is 8.99. The molecule has 12 heteroatoms. The number of rotatable bonds is 3. The molecule has 1 heterocycles. The van der Waals surface area contributed by atoms with Gasteiger partial charge in [-0.1, -0.05) is 4.40 Å². The SMILES string of the molecule is CC(C)(C)[S@@+]([O-])/N=C(\c1cc(F)cc(C(F)(F)F)c1)c1nccc(C(F)(F)F)n1. The standard InChI is InChI=1S/C17H14F7N3OS/c1-15(2,3)29(28)27-13(14-25-5-4-12(26-14)17(22,23)24)9-6-10(16(19,20)21)8-11(18)7-9/h4-8H,1-3H3/b27-13+/t29-/m1/s1. The molecule has 0 fully saturated rings. The molecule has 0 amide bonds. The van der Waals surface area contributed by atoms with Crippen LogP contribution in [-0.2, 0) is 23.7 Å². The molecule has 0 bridgehead atoms. The van der Waals surface area contributed by atoms with Gasteiger partial charge >= 0.3 is 12.4 Å². The summed E-state index contributed by atoms with van der Waals surface area (Å²) in [6.07, 6.45) is -9.07. The van der Waals surface area contributed by atoms with E-state index in [1.807, 2.05) is 0 Å². The number of aromatic nitrogens is 2. The van der Waals surface area contributed by atoms with Crippen LogP contribution in [0.2, 0.25) is 0 Å². The first-order valence-electron chi connectivity index (χ1n) is 7.88. The van der Waals surface area contributed by atoms with Crippen molar-refractivity contribution in [3.8, 4) is 0 Å². The highest BCUT2D eigenvalue weighted by Crippen LogP contribution is 2.32. The van der Waals surface area contributed by atoms with Crippen LogP contribution in [0.4, 0.5) is 30.7 Å². The lowest BCUT2D eigenvalue weighted by Crippen LogP contribution is -2.28. The quantitative estimate of drug-likeness (QED) is 0.385. The number of hydrogen-bond donors (Lipinski definition) is 0. The van der Waals surface area contributed by atoms with Crippen LogP contribution >= 0.6 is 0 Å². The van der Waals surface area contributed by atoms with Gasteiger partial charge in [-0.25, -0.2) is 14.4 Å². The molecular formula is C17H14F7N3OS. The van der Waals surface area contributed by atoms with Gasteiger partial charge in [0.2, 0.25) is 0 Å². The maximum absolute atomic E-state index is 13.8. The molecule has 0 unspecified atom stereocenters. The molecule has 29 heavy (non-hydrogen) atoms. The summed E-state index contributed by atoms with van der Waals surface area (Å²) in [5.74, 6) is -2.05. The smallest absolute Gasteiger partial charge is 0.433 e. The van der Waals surface area contributed by atoms with Crippen molar-refractivity contribution >= 4 is 17.1 Å². The average molecular weight is 441 g/mol. The van der Waals surface area contributed by atoms with Crippen LogP contribution in [0.5, 0.6) is 0 Å². The lowest BCUT2D eigenvalue weighted by atomic mass is 10.1. The molecule has 0 saturated heterocycles. The Morgan fingerprint density at radius 1 is 1.00 bits per heavy atom. The third-order valence-corrected chi connectivity index (χ3v) is 4.75. The van der Waals surface area contributed by atoms with Gasteiger partial charge < -0.3 is 4.55 Å². The van der Waals surface area contributed by atoms with Gasteiger partial charge in [0.25, 0.3) is 0 Å². The van der Waals surface area contributed by atoms with E-state index in [9.17, 15) is 35.3 Å². The van der Waals surface area contributed by atoms with E-state index < -0.39 is 62.6 Å². The van der Waals surface area contributed by atoms with Gasteiger partial charge in [0, 0.05) is 11.8 Å². The molecule has 0 aliphatic rings. The summed E-state index contributed by atoms with van der Waals surface area (Å²) in [6, 6.07) is 1.87. The first kappa shape index (κ1) is 23.1. The van der Waals surface area contributed by atoms with Crippen molar-refractivity contribution in [2.45, 2.75) is 37.9 Å². The van der Waals surface area contributed by atoms with Crippen molar-refractivity contribution < 1.29 is 35.3 Å². The Balaban J connectivity index is 2.75. The summed E-state index contributed by atoms with van der Waals surface area (Å²) >= 11 is -2.11. The first-order chi connectivity index (χ1) is 13.1. The highest BCUT2D eigenvalue weighted by atomic mass is 32.2. The minimum Gasteiger partial charge on any atom is -0.591 e. The van der Waals surface area contributed by atoms with Crippen molar-refractivity contribution in [2.24, 2.45) is 4.40 Å². The molecule has 1 aromatic carbocycles. The fourth-order valence-electron chi connectivity index (χ4n) is 1.96. The zero-order valence-corrected chi connectivity index (χ0v) is 16.0. The number of benzene rings is 1. The predicted molar refractivity (Wildman–Crippen MR) is 92.0 cm³/mol. The van der Waals surface area contributed by atoms with Gasteiger partial charge in [0.05, 0.1) is 5.56 Å². The molecule has 0 saturated carbocycles. The summed E-state index contributed by atoms with van der Waals surface area (Å²) in [6.45, 7) is 4.47. The highest BCUT2D eigenvalue weighted by molar-refractivity contribution is 7.91. The van der Waals surface area contributed by atoms with Crippen LogP contribution in [-0.4, -0.2) is 25.0 Å². The summed E-state index contributed by atoms with van der Waals surface area (Å²) in [5.41, 5.74) is -4.00. The number of nitrogens with zero attached hydrogens (tertiary/aromatic N) is 3. The number of hydrogen-bond acceptors (Lipinski definition) is 4. The second-order valence-electron chi connectivity index (χ2n) is 6.79. The minimum atomic E-state index is -4.93. The van der Waals surface area contributed by atoms with E-state index in [1.54, 1.807) is 0 Å². The molecule has 158 valence electrons. The molecule has 4 nitrogen and oxygen atoms in total. The lowest BCUT2D eigenvalue weighted by molar-refractivity contribution is -0.141. The zero-order valence-electron chi connectivity index (χ0n) is 15.2. The molecule has 0 aliphatic carbocycles. The minimum absolute atomic E-state index is 0.217. The third kappa shape index (κ3) is 5.89. The summed E-state index contributed by atoms with van der Waals surface area (Å²) in [4.78, 5) is 6.88. The van der Waals surface area contributed by atoms with Gasteiger partial charge in [-0.05, 0) is 45.0 Å². The van der Waals surface area contributed by atoms with Crippen LogP contribution in [0.15, 0.2) is 34.9 Å². The highest BCUT2D eigenvalue weighted by Gasteiger charge is 2.36. The Morgan fingerprint density at radius 3 is 2.14 bits per heavy atom. The molecule has 0 radical (unpaired) electrons. The maximum atomic E-state index is 13.8. The molecule has 1 atom stereocenters. The number of halogens is 7. The van der Waals surface area contributed by atoms with E-state index >= 15 is 0 Å². The van der Waals surface area contributed by atoms with Gasteiger partial charge in [0.15, 0.2) is 11.5 Å². The Morgan fingerprint density at radius 2 is 1.62 bits per heavy atom. The predicted octanol–water partition coefficient (Wildman–Crippen LogP) is 4.95. The fourth-order valence-corrected chi connectivity index (χ4v) is 2.59. The van der Waals surface area contributed by atoms with Crippen LogP contribution < -0.4 is 0 Å². The fraction of sp³-hybridized carbons (Fsp3) is 0.353. The second kappa shape index (κ2) is 7.90. The van der Waals surface area contributed by atoms with E-state index in [4.69, 9.17) is 0 Å². The van der Waals surface area contributed by atoms with Crippen molar-refractivity contribution in [3.63, 3.8) is 0 Å². The average Bonchev–Trinajstić information content (AvgIpc) is 2.56. The van der Waals surface area contributed by atoms with Gasteiger partial charge in [-0.2, -0.15) is 26.3 Å². The molecule has 0 spiro atoms. The lowest BCUT2D eigenvalue weighted by Gasteiger charge is -2.19. The third-order valence-electron chi connectivity index (χ3n) is 3.35. The Kier molecular flexibility index (Phi) is 6.29. The Labute approximate surface area is 164 Å². The van der Waals surface area contributed by atoms with Crippen molar-refractivity contribution in [1.29, 1.82) is 0 Å². The largest absolute Gasteiger partial charge is 0.591 e. The van der Waals surface area contributed by atoms with E-state index in [1.165, 1.54) is 20.8 Å². The zero-order chi connectivity index (χ0) is 22.2. The van der Waals surface area contributed by atoms with Crippen LogP contribution in [0, 0.1) is 5.82 Å². The van der Waals surface area contributed by atoms with E-state index in [-0.39, 0.29) is 6.07 Å². The van der Waals surface area contributed by atoms with Crippen LogP contribution in [0.25, 0.3) is 0 Å². The van der Waals surface area contributed by atoms with Gasteiger partial charge in [-0.15, -0.1) is 0 Å². The van der Waals surface area contributed by atoms with Gasteiger partial charge in [0.1, 0.15) is 27.6 Å². The summed E-state index contributed by atoms with van der Waals surface area (Å²) < 4.78 is 107. The number of alkyl halides is 6. The molecule has 0 aliphatic heterocycles. The molecule has 0 N–H and O–H groups in total. The second-order valence-corrected chi connectivity index (χ2v) is 8.70. The molecular weight excluding hydrogens is 427 g/mol. The maximum Gasteiger partial charge on any atom is 0.433 e. The molecule has 1 aromatic heterocycles. The molecule has 2 rings (SSSR count). The van der Waals surface area contributed by atoms with Gasteiger partial charge in [-0.3, -0.25) is 0 Å². The van der Waals surface area contributed by atoms with Crippen LogP contribution in [0.3, 0.4) is 0 Å². The normalized spacial score (nSPS) is 14.8. The van der Waals surface area contributed by atoms with E-state index in [0.717, 1.165) is 6.20 Å².